The summed E-state index contributed by atoms with van der Waals surface area (Å²) in [6, 6.07) is 7.05. The molecule has 6 heteroatoms. The van der Waals surface area contributed by atoms with E-state index in [1.807, 2.05) is 37.8 Å². The van der Waals surface area contributed by atoms with Gasteiger partial charge in [0.2, 0.25) is 5.91 Å². The highest BCUT2D eigenvalue weighted by Crippen LogP contribution is 2.24. The Balaban J connectivity index is 1.91. The molecule has 5 nitrogen and oxygen atoms in total. The Morgan fingerprint density at radius 1 is 1.40 bits per heavy atom. The van der Waals surface area contributed by atoms with Gasteiger partial charge in [0.1, 0.15) is 5.82 Å². The van der Waals surface area contributed by atoms with Gasteiger partial charge in [-0.15, -0.1) is 0 Å². The lowest BCUT2D eigenvalue weighted by Gasteiger charge is -2.28. The van der Waals surface area contributed by atoms with Crippen molar-refractivity contribution in [2.75, 3.05) is 26.7 Å². The highest BCUT2D eigenvalue weighted by Gasteiger charge is 2.27. The number of nitrogens with one attached hydrogen (secondary N) is 2. The Bertz CT molecular complexity index is 630. The smallest absolute Gasteiger partial charge is 0.222 e. The van der Waals surface area contributed by atoms with E-state index in [2.05, 4.69) is 15.6 Å². The molecular formula is C19H29FN4O. The molecule has 0 bridgehead atoms. The van der Waals surface area contributed by atoms with Gasteiger partial charge in [0.05, 0.1) is 0 Å². The predicted molar refractivity (Wildman–Crippen MR) is 99.2 cm³/mol. The van der Waals surface area contributed by atoms with E-state index in [1.165, 1.54) is 6.07 Å². The van der Waals surface area contributed by atoms with Gasteiger partial charge < -0.3 is 15.5 Å². The van der Waals surface area contributed by atoms with Crippen molar-refractivity contribution >= 4 is 11.9 Å². The first-order valence-corrected chi connectivity index (χ1v) is 8.87. The number of carbonyl (C=O) groups excluding carboxylic acids is 1. The molecular weight excluding hydrogens is 319 g/mol. The number of hydrogen-bond acceptors (Lipinski definition) is 2. The fraction of sp³-hybridized carbons (Fsp3) is 0.579. The van der Waals surface area contributed by atoms with Gasteiger partial charge in [0.25, 0.3) is 0 Å². The summed E-state index contributed by atoms with van der Waals surface area (Å²) in [5.41, 5.74) is 0.307. The Morgan fingerprint density at radius 3 is 2.76 bits per heavy atom. The quantitative estimate of drug-likeness (QED) is 0.634. The second kappa shape index (κ2) is 8.32. The molecule has 1 atom stereocenters. The van der Waals surface area contributed by atoms with Crippen molar-refractivity contribution in [1.82, 2.24) is 15.5 Å². The molecule has 2 N–H and O–H groups in total. The zero-order valence-electron chi connectivity index (χ0n) is 15.6. The molecule has 1 amide bonds. The minimum atomic E-state index is -0.372. The monoisotopic (exact) mass is 348 g/mol. The number of aliphatic imine (C=N–C) groups is 1. The average molecular weight is 348 g/mol. The van der Waals surface area contributed by atoms with Gasteiger partial charge in [0, 0.05) is 44.6 Å². The third-order valence-corrected chi connectivity index (χ3v) is 4.71. The van der Waals surface area contributed by atoms with E-state index in [-0.39, 0.29) is 23.2 Å². The topological polar surface area (TPSA) is 56.7 Å². The molecule has 0 radical (unpaired) electrons. The molecule has 1 fully saturated rings. The molecule has 138 valence electrons. The van der Waals surface area contributed by atoms with Gasteiger partial charge in [-0.3, -0.25) is 9.79 Å². The van der Waals surface area contributed by atoms with Crippen LogP contribution in [0.1, 0.15) is 39.2 Å². The van der Waals surface area contributed by atoms with E-state index in [0.29, 0.717) is 31.0 Å². The Kier molecular flexibility index (Phi) is 6.39. The molecule has 1 saturated heterocycles. The Hall–Kier alpha value is -2.11. The van der Waals surface area contributed by atoms with Crippen LogP contribution in [0.5, 0.6) is 0 Å². The number of rotatable bonds is 5. The number of benzene rings is 1. The van der Waals surface area contributed by atoms with Crippen LogP contribution in [0, 0.1) is 5.82 Å². The lowest BCUT2D eigenvalue weighted by Crippen LogP contribution is -2.48. The van der Waals surface area contributed by atoms with Crippen LogP contribution >= 0.6 is 0 Å². The zero-order chi connectivity index (χ0) is 18.4. The summed E-state index contributed by atoms with van der Waals surface area (Å²) >= 11 is 0. The van der Waals surface area contributed by atoms with E-state index < -0.39 is 0 Å². The summed E-state index contributed by atoms with van der Waals surface area (Å²) in [7, 11) is 1.72. The van der Waals surface area contributed by atoms with E-state index in [0.717, 1.165) is 13.0 Å². The van der Waals surface area contributed by atoms with E-state index >= 15 is 0 Å². The molecule has 1 aliphatic rings. The summed E-state index contributed by atoms with van der Waals surface area (Å²) < 4.78 is 14.1. The van der Waals surface area contributed by atoms with Crippen molar-refractivity contribution < 1.29 is 9.18 Å². The lowest BCUT2D eigenvalue weighted by atomic mass is 9.84. The van der Waals surface area contributed by atoms with Crippen LogP contribution in [0.3, 0.4) is 0 Å². The van der Waals surface area contributed by atoms with Crippen LogP contribution in [0.15, 0.2) is 29.3 Å². The van der Waals surface area contributed by atoms with Gasteiger partial charge in [-0.2, -0.15) is 0 Å². The molecule has 1 aromatic rings. The summed E-state index contributed by atoms with van der Waals surface area (Å²) in [6.07, 6.45) is 1.44. The van der Waals surface area contributed by atoms with Crippen LogP contribution in [0.25, 0.3) is 0 Å². The first kappa shape index (κ1) is 19.2. The number of guanidine groups is 1. The SMILES string of the molecule is CCC(=O)N1CCC(NC(=NC)NCC(C)(C)c2ccccc2F)C1. The first-order chi connectivity index (χ1) is 11.9. The zero-order valence-corrected chi connectivity index (χ0v) is 15.6. The molecule has 1 heterocycles. The summed E-state index contributed by atoms with van der Waals surface area (Å²) in [5, 5.41) is 6.65. The molecule has 1 aliphatic heterocycles. The number of hydrogen-bond donors (Lipinski definition) is 2. The minimum absolute atomic E-state index is 0.188. The van der Waals surface area contributed by atoms with Crippen molar-refractivity contribution in [3.8, 4) is 0 Å². The third-order valence-electron chi connectivity index (χ3n) is 4.71. The molecule has 0 aliphatic carbocycles. The van der Waals surface area contributed by atoms with Crippen molar-refractivity contribution in [2.24, 2.45) is 4.99 Å². The van der Waals surface area contributed by atoms with Crippen LogP contribution in [-0.4, -0.2) is 49.5 Å². The van der Waals surface area contributed by atoms with Gasteiger partial charge in [0.15, 0.2) is 5.96 Å². The number of carbonyl (C=O) groups is 1. The van der Waals surface area contributed by atoms with E-state index in [9.17, 15) is 9.18 Å². The van der Waals surface area contributed by atoms with Crippen molar-refractivity contribution in [2.45, 2.75) is 45.1 Å². The fourth-order valence-corrected chi connectivity index (χ4v) is 3.13. The molecule has 25 heavy (non-hydrogen) atoms. The maximum absolute atomic E-state index is 14.1. The van der Waals surface area contributed by atoms with Crippen LogP contribution < -0.4 is 10.6 Å². The van der Waals surface area contributed by atoms with Gasteiger partial charge in [-0.05, 0) is 18.1 Å². The second-order valence-corrected chi connectivity index (χ2v) is 7.11. The number of nitrogens with zero attached hydrogens (tertiary/aromatic N) is 2. The predicted octanol–water partition coefficient (Wildman–Crippen LogP) is 2.28. The van der Waals surface area contributed by atoms with Crippen LogP contribution in [0.4, 0.5) is 4.39 Å². The number of likely N-dealkylation sites (tertiary alicyclic amines) is 1. The Labute approximate surface area is 149 Å². The van der Waals surface area contributed by atoms with E-state index in [1.54, 1.807) is 13.1 Å². The number of amides is 1. The van der Waals surface area contributed by atoms with Crippen molar-refractivity contribution in [1.29, 1.82) is 0 Å². The maximum atomic E-state index is 14.1. The highest BCUT2D eigenvalue weighted by molar-refractivity contribution is 5.80. The average Bonchev–Trinajstić information content (AvgIpc) is 3.06. The molecule has 0 aromatic heterocycles. The number of halogens is 1. The Morgan fingerprint density at radius 2 is 2.12 bits per heavy atom. The molecule has 1 unspecified atom stereocenters. The lowest BCUT2D eigenvalue weighted by molar-refractivity contribution is -0.129. The second-order valence-electron chi connectivity index (χ2n) is 7.11. The van der Waals surface area contributed by atoms with Gasteiger partial charge in [-0.25, -0.2) is 4.39 Å². The van der Waals surface area contributed by atoms with E-state index in [4.69, 9.17) is 0 Å². The third kappa shape index (κ3) is 4.94. The molecule has 0 spiro atoms. The molecule has 0 saturated carbocycles. The van der Waals surface area contributed by atoms with Crippen LogP contribution in [0.2, 0.25) is 0 Å². The van der Waals surface area contributed by atoms with Gasteiger partial charge >= 0.3 is 0 Å². The minimum Gasteiger partial charge on any atom is -0.356 e. The van der Waals surface area contributed by atoms with Gasteiger partial charge in [-0.1, -0.05) is 39.0 Å². The van der Waals surface area contributed by atoms with Crippen molar-refractivity contribution in [3.05, 3.63) is 35.6 Å². The maximum Gasteiger partial charge on any atom is 0.222 e. The standard InChI is InChI=1S/C19H29FN4O/c1-5-17(25)24-11-10-14(12-24)23-18(21-4)22-13-19(2,3)15-8-6-7-9-16(15)20/h6-9,14H,5,10-13H2,1-4H3,(H2,21,22,23). The summed E-state index contributed by atoms with van der Waals surface area (Å²) in [6.45, 7) is 7.92. The summed E-state index contributed by atoms with van der Waals surface area (Å²) in [4.78, 5) is 17.9. The first-order valence-electron chi connectivity index (χ1n) is 8.87. The highest BCUT2D eigenvalue weighted by atomic mass is 19.1. The largest absolute Gasteiger partial charge is 0.356 e. The van der Waals surface area contributed by atoms with Crippen molar-refractivity contribution in [3.63, 3.8) is 0 Å². The normalized spacial score (nSPS) is 18.4. The molecule has 2 rings (SSSR count). The van der Waals surface area contributed by atoms with Crippen LogP contribution in [-0.2, 0) is 10.2 Å². The summed E-state index contributed by atoms with van der Waals surface area (Å²) in [5.74, 6) is 0.676. The fourth-order valence-electron chi connectivity index (χ4n) is 3.13. The molecule has 1 aromatic carbocycles.